The molecule has 0 saturated heterocycles. The van der Waals surface area contributed by atoms with E-state index in [0.29, 0.717) is 65.0 Å². The van der Waals surface area contributed by atoms with Crippen molar-refractivity contribution in [3.8, 4) is 0 Å². The number of ether oxygens (including phenoxy) is 5. The zero-order valence-electron chi connectivity index (χ0n) is 16.8. The summed E-state index contributed by atoms with van der Waals surface area (Å²) in [5.41, 5.74) is 0.766. The minimum absolute atomic E-state index is 0.0776. The summed E-state index contributed by atoms with van der Waals surface area (Å²) in [6, 6.07) is 0. The lowest BCUT2D eigenvalue weighted by Crippen LogP contribution is -2.36. The van der Waals surface area contributed by atoms with Crippen molar-refractivity contribution < 1.29 is 33.3 Å². The standard InChI is InChI=1S/C21H29NO7/c1-25-9-10-26-11-12-27-13-14-28-15-16-29-20-4-2-3-18(5-7-20)22-17-19(23)6-8-21(22)24/h2,4-8H,3,9-17H2,1H3. The summed E-state index contributed by atoms with van der Waals surface area (Å²) >= 11 is 0. The van der Waals surface area contributed by atoms with Crippen LogP contribution >= 0.6 is 0 Å². The number of hydrogen-bond donors (Lipinski definition) is 0. The molecule has 0 aromatic rings. The average molecular weight is 407 g/mol. The summed E-state index contributed by atoms with van der Waals surface area (Å²) < 4.78 is 26.7. The monoisotopic (exact) mass is 407 g/mol. The van der Waals surface area contributed by atoms with Gasteiger partial charge in [0.15, 0.2) is 5.78 Å². The van der Waals surface area contributed by atoms with Gasteiger partial charge < -0.3 is 28.6 Å². The van der Waals surface area contributed by atoms with Crippen LogP contribution in [0, 0.1) is 0 Å². The number of nitrogens with zero attached hydrogens (tertiary/aromatic N) is 1. The smallest absolute Gasteiger partial charge is 0.251 e. The molecule has 0 aromatic carbocycles. The molecular weight excluding hydrogens is 378 g/mol. The van der Waals surface area contributed by atoms with Crippen molar-refractivity contribution in [2.45, 2.75) is 6.42 Å². The number of carbonyl (C=O) groups is 2. The van der Waals surface area contributed by atoms with E-state index in [0.717, 1.165) is 5.70 Å². The first kappa shape index (κ1) is 23.0. The molecule has 1 aliphatic carbocycles. The van der Waals surface area contributed by atoms with Crippen molar-refractivity contribution in [3.05, 3.63) is 47.9 Å². The molecule has 1 amide bonds. The van der Waals surface area contributed by atoms with Crippen LogP contribution in [0.1, 0.15) is 6.42 Å². The second-order valence-corrected chi connectivity index (χ2v) is 6.24. The minimum atomic E-state index is -0.181. The minimum Gasteiger partial charge on any atom is -0.491 e. The van der Waals surface area contributed by atoms with Gasteiger partial charge in [0.05, 0.1) is 52.8 Å². The summed E-state index contributed by atoms with van der Waals surface area (Å²) in [7, 11) is 1.64. The fourth-order valence-corrected chi connectivity index (χ4v) is 2.58. The first-order valence-electron chi connectivity index (χ1n) is 9.65. The molecule has 160 valence electrons. The van der Waals surface area contributed by atoms with E-state index in [2.05, 4.69) is 0 Å². The number of amides is 1. The van der Waals surface area contributed by atoms with E-state index in [-0.39, 0.29) is 18.2 Å². The third kappa shape index (κ3) is 9.19. The molecule has 8 nitrogen and oxygen atoms in total. The first-order chi connectivity index (χ1) is 14.2. The van der Waals surface area contributed by atoms with E-state index in [4.69, 9.17) is 23.7 Å². The molecule has 0 spiro atoms. The Morgan fingerprint density at radius 3 is 2.17 bits per heavy atom. The Morgan fingerprint density at radius 2 is 1.48 bits per heavy atom. The SMILES string of the molecule is COCCOCCOCCOCCOC1=CC=C(N2CC(=O)C=CC2=O)CC=C1. The summed E-state index contributed by atoms with van der Waals surface area (Å²) in [5, 5.41) is 0. The largest absolute Gasteiger partial charge is 0.491 e. The highest BCUT2D eigenvalue weighted by molar-refractivity contribution is 6.05. The Hall–Kier alpha value is -2.26. The van der Waals surface area contributed by atoms with Crippen LogP contribution in [-0.2, 0) is 33.3 Å². The van der Waals surface area contributed by atoms with Gasteiger partial charge in [-0.15, -0.1) is 0 Å². The van der Waals surface area contributed by atoms with Crippen molar-refractivity contribution in [2.75, 3.05) is 66.5 Å². The van der Waals surface area contributed by atoms with Gasteiger partial charge in [-0.1, -0.05) is 6.08 Å². The second-order valence-electron chi connectivity index (χ2n) is 6.24. The maximum atomic E-state index is 12.0. The van der Waals surface area contributed by atoms with Gasteiger partial charge in [0, 0.05) is 25.3 Å². The van der Waals surface area contributed by atoms with Gasteiger partial charge in [0.1, 0.15) is 12.4 Å². The van der Waals surface area contributed by atoms with E-state index < -0.39 is 0 Å². The van der Waals surface area contributed by atoms with Gasteiger partial charge in [-0.2, -0.15) is 0 Å². The van der Waals surface area contributed by atoms with Gasteiger partial charge in [0.25, 0.3) is 5.91 Å². The average Bonchev–Trinajstić information content (AvgIpc) is 2.96. The topological polar surface area (TPSA) is 83.5 Å². The predicted molar refractivity (Wildman–Crippen MR) is 106 cm³/mol. The lowest BCUT2D eigenvalue weighted by molar-refractivity contribution is -0.129. The highest BCUT2D eigenvalue weighted by Gasteiger charge is 2.21. The normalized spacial score (nSPS) is 16.7. The summed E-state index contributed by atoms with van der Waals surface area (Å²) in [6.45, 7) is 4.12. The second kappa shape index (κ2) is 13.8. The highest BCUT2D eigenvalue weighted by Crippen LogP contribution is 2.18. The molecule has 2 aliphatic rings. The lowest BCUT2D eigenvalue weighted by atomic mass is 10.1. The third-order valence-electron chi connectivity index (χ3n) is 4.06. The van der Waals surface area contributed by atoms with Crippen molar-refractivity contribution >= 4 is 11.7 Å². The molecule has 29 heavy (non-hydrogen) atoms. The Balaban J connectivity index is 1.57. The van der Waals surface area contributed by atoms with Crippen molar-refractivity contribution in [1.82, 2.24) is 4.90 Å². The summed E-state index contributed by atoms with van der Waals surface area (Å²) in [4.78, 5) is 25.0. The predicted octanol–water partition coefficient (Wildman–Crippen LogP) is 1.39. The van der Waals surface area contributed by atoms with Crippen molar-refractivity contribution in [1.29, 1.82) is 0 Å². The number of methoxy groups -OCH3 is 1. The lowest BCUT2D eigenvalue weighted by Gasteiger charge is -2.24. The summed E-state index contributed by atoms with van der Waals surface area (Å²) in [5.74, 6) is 0.414. The Bertz CT molecular complexity index is 651. The number of ketones is 1. The maximum absolute atomic E-state index is 12.0. The molecule has 0 radical (unpaired) electrons. The Kier molecular flexibility index (Phi) is 11.0. The van der Waals surface area contributed by atoms with Crippen LogP contribution in [0.5, 0.6) is 0 Å². The molecule has 0 N–H and O–H groups in total. The maximum Gasteiger partial charge on any atom is 0.251 e. The first-order valence-corrected chi connectivity index (χ1v) is 9.65. The molecule has 1 aliphatic heterocycles. The Morgan fingerprint density at radius 1 is 0.828 bits per heavy atom. The molecule has 0 saturated carbocycles. The van der Waals surface area contributed by atoms with Crippen molar-refractivity contribution in [3.63, 3.8) is 0 Å². The molecular formula is C21H29NO7. The highest BCUT2D eigenvalue weighted by atomic mass is 16.6. The van der Waals surface area contributed by atoms with E-state index in [1.807, 2.05) is 18.2 Å². The molecule has 0 fully saturated rings. The zero-order chi connectivity index (χ0) is 20.7. The number of rotatable bonds is 14. The van der Waals surface area contributed by atoms with Crippen LogP contribution in [0.15, 0.2) is 47.9 Å². The van der Waals surface area contributed by atoms with Crippen LogP contribution < -0.4 is 0 Å². The van der Waals surface area contributed by atoms with E-state index in [1.165, 1.54) is 17.1 Å². The molecule has 0 atom stereocenters. The third-order valence-corrected chi connectivity index (χ3v) is 4.06. The van der Waals surface area contributed by atoms with Crippen LogP contribution in [-0.4, -0.2) is 83.1 Å². The number of hydrogen-bond acceptors (Lipinski definition) is 7. The van der Waals surface area contributed by atoms with Crippen molar-refractivity contribution in [2.24, 2.45) is 0 Å². The van der Waals surface area contributed by atoms with Crippen LogP contribution in [0.3, 0.4) is 0 Å². The zero-order valence-corrected chi connectivity index (χ0v) is 16.8. The van der Waals surface area contributed by atoms with E-state index in [1.54, 1.807) is 13.2 Å². The summed E-state index contributed by atoms with van der Waals surface area (Å²) in [6.07, 6.45) is 10.5. The van der Waals surface area contributed by atoms with Gasteiger partial charge in [-0.25, -0.2) is 0 Å². The van der Waals surface area contributed by atoms with Crippen LogP contribution in [0.2, 0.25) is 0 Å². The van der Waals surface area contributed by atoms with Gasteiger partial charge >= 0.3 is 0 Å². The van der Waals surface area contributed by atoms with Crippen LogP contribution in [0.4, 0.5) is 0 Å². The van der Waals surface area contributed by atoms with Gasteiger partial charge in [0.2, 0.25) is 0 Å². The number of carbonyl (C=O) groups excluding carboxylic acids is 2. The van der Waals surface area contributed by atoms with E-state index >= 15 is 0 Å². The molecule has 0 bridgehead atoms. The molecule has 0 unspecified atom stereocenters. The van der Waals surface area contributed by atoms with Crippen LogP contribution in [0.25, 0.3) is 0 Å². The molecule has 2 rings (SSSR count). The quantitative estimate of drug-likeness (QED) is 0.403. The molecule has 8 heteroatoms. The fraction of sp³-hybridized carbons (Fsp3) is 0.524. The van der Waals surface area contributed by atoms with Gasteiger partial charge in [-0.05, 0) is 24.3 Å². The van der Waals surface area contributed by atoms with Gasteiger partial charge in [-0.3, -0.25) is 9.59 Å². The Labute approximate surface area is 171 Å². The number of allylic oxidation sites excluding steroid dienone is 4. The van der Waals surface area contributed by atoms with E-state index in [9.17, 15) is 9.59 Å². The molecule has 0 aromatic heterocycles. The molecule has 1 heterocycles. The fourth-order valence-electron chi connectivity index (χ4n) is 2.58.